The molecule has 1 aromatic heterocycles. The zero-order chi connectivity index (χ0) is 10.6. The first kappa shape index (κ1) is 10.8. The molecule has 0 radical (unpaired) electrons. The summed E-state index contributed by atoms with van der Waals surface area (Å²) in [5.74, 6) is 0.650. The minimum Gasteiger partial charge on any atom is -0.314 e. The van der Waals surface area contributed by atoms with Gasteiger partial charge in [0, 0.05) is 11.8 Å². The zero-order valence-corrected chi connectivity index (χ0v) is 8.59. The number of hydrogen-bond acceptors (Lipinski definition) is 2. The molecule has 0 fully saturated rings. The SMILES string of the molecule is CC(C)CCCc1c[nH]c(=O)[nH]c1=O. The lowest BCUT2D eigenvalue weighted by atomic mass is 10.0. The van der Waals surface area contributed by atoms with Crippen LogP contribution in [0.4, 0.5) is 0 Å². The summed E-state index contributed by atoms with van der Waals surface area (Å²) in [6.45, 7) is 4.30. The van der Waals surface area contributed by atoms with E-state index in [0.717, 1.165) is 19.3 Å². The van der Waals surface area contributed by atoms with Crippen molar-refractivity contribution in [2.75, 3.05) is 0 Å². The number of nitrogens with one attached hydrogen (secondary N) is 2. The van der Waals surface area contributed by atoms with E-state index >= 15 is 0 Å². The Morgan fingerprint density at radius 1 is 1.36 bits per heavy atom. The fraction of sp³-hybridized carbons (Fsp3) is 0.600. The van der Waals surface area contributed by atoms with Gasteiger partial charge in [-0.15, -0.1) is 0 Å². The molecule has 0 aromatic carbocycles. The maximum Gasteiger partial charge on any atom is 0.325 e. The molecule has 0 atom stereocenters. The second-order valence-corrected chi connectivity index (χ2v) is 3.88. The summed E-state index contributed by atoms with van der Waals surface area (Å²) in [5.41, 5.74) is -0.0506. The van der Waals surface area contributed by atoms with Gasteiger partial charge in [-0.2, -0.15) is 0 Å². The van der Waals surface area contributed by atoms with E-state index in [4.69, 9.17) is 0 Å². The Balaban J connectivity index is 2.60. The summed E-state index contributed by atoms with van der Waals surface area (Å²) in [6.07, 6.45) is 4.30. The van der Waals surface area contributed by atoms with E-state index in [1.165, 1.54) is 6.20 Å². The van der Waals surface area contributed by atoms with Gasteiger partial charge in [-0.1, -0.05) is 20.3 Å². The molecule has 0 unspecified atom stereocenters. The quantitative estimate of drug-likeness (QED) is 0.755. The van der Waals surface area contributed by atoms with Crippen LogP contribution in [0, 0.1) is 5.92 Å². The number of aryl methyl sites for hydroxylation is 1. The van der Waals surface area contributed by atoms with Gasteiger partial charge in [0.1, 0.15) is 0 Å². The predicted octanol–water partition coefficient (Wildman–Crippen LogP) is 1.04. The first-order valence-corrected chi connectivity index (χ1v) is 4.90. The summed E-state index contributed by atoms with van der Waals surface area (Å²) >= 11 is 0. The third-order valence-electron chi connectivity index (χ3n) is 2.12. The number of aromatic amines is 2. The van der Waals surface area contributed by atoms with Crippen LogP contribution < -0.4 is 11.2 Å². The highest BCUT2D eigenvalue weighted by Gasteiger charge is 2.00. The third-order valence-corrected chi connectivity index (χ3v) is 2.12. The number of hydrogen-bond donors (Lipinski definition) is 2. The molecule has 78 valence electrons. The maximum absolute atomic E-state index is 11.2. The van der Waals surface area contributed by atoms with Crippen LogP contribution in [0.25, 0.3) is 0 Å². The van der Waals surface area contributed by atoms with Gasteiger partial charge in [0.15, 0.2) is 0 Å². The molecule has 0 aliphatic carbocycles. The molecule has 14 heavy (non-hydrogen) atoms. The van der Waals surface area contributed by atoms with E-state index < -0.39 is 5.69 Å². The fourth-order valence-corrected chi connectivity index (χ4v) is 1.32. The van der Waals surface area contributed by atoms with E-state index in [0.29, 0.717) is 11.5 Å². The number of rotatable bonds is 4. The Kier molecular flexibility index (Phi) is 3.68. The van der Waals surface area contributed by atoms with Crippen molar-refractivity contribution in [3.8, 4) is 0 Å². The van der Waals surface area contributed by atoms with Crippen LogP contribution >= 0.6 is 0 Å². The second-order valence-electron chi connectivity index (χ2n) is 3.88. The Morgan fingerprint density at radius 3 is 2.64 bits per heavy atom. The average Bonchev–Trinajstić information content (AvgIpc) is 2.08. The molecule has 4 heteroatoms. The normalized spacial score (nSPS) is 10.8. The van der Waals surface area contributed by atoms with Gasteiger partial charge in [0.25, 0.3) is 5.56 Å². The molecule has 0 saturated heterocycles. The summed E-state index contributed by atoms with van der Waals surface area (Å²) < 4.78 is 0. The summed E-state index contributed by atoms with van der Waals surface area (Å²) in [6, 6.07) is 0. The van der Waals surface area contributed by atoms with E-state index in [2.05, 4.69) is 23.8 Å². The van der Waals surface area contributed by atoms with Crippen molar-refractivity contribution in [1.82, 2.24) is 9.97 Å². The largest absolute Gasteiger partial charge is 0.325 e. The van der Waals surface area contributed by atoms with Gasteiger partial charge >= 0.3 is 5.69 Å². The summed E-state index contributed by atoms with van der Waals surface area (Å²) in [5, 5.41) is 0. The van der Waals surface area contributed by atoms with Crippen molar-refractivity contribution in [3.05, 3.63) is 32.6 Å². The number of aromatic nitrogens is 2. The highest BCUT2D eigenvalue weighted by molar-refractivity contribution is 5.02. The van der Waals surface area contributed by atoms with Gasteiger partial charge < -0.3 is 4.98 Å². The lowest BCUT2D eigenvalue weighted by Crippen LogP contribution is -2.24. The van der Waals surface area contributed by atoms with Gasteiger partial charge in [-0.25, -0.2) is 4.79 Å². The zero-order valence-electron chi connectivity index (χ0n) is 8.59. The van der Waals surface area contributed by atoms with Crippen molar-refractivity contribution in [2.24, 2.45) is 5.92 Å². The van der Waals surface area contributed by atoms with Crippen LogP contribution in [-0.2, 0) is 6.42 Å². The van der Waals surface area contributed by atoms with Crippen molar-refractivity contribution >= 4 is 0 Å². The smallest absolute Gasteiger partial charge is 0.314 e. The van der Waals surface area contributed by atoms with Crippen molar-refractivity contribution in [3.63, 3.8) is 0 Å². The fourth-order valence-electron chi connectivity index (χ4n) is 1.32. The topological polar surface area (TPSA) is 65.7 Å². The van der Waals surface area contributed by atoms with Crippen molar-refractivity contribution in [1.29, 1.82) is 0 Å². The van der Waals surface area contributed by atoms with Gasteiger partial charge in [-0.3, -0.25) is 9.78 Å². The molecule has 0 spiro atoms. The molecular weight excluding hydrogens is 180 g/mol. The molecule has 0 aliphatic heterocycles. The second kappa shape index (κ2) is 4.79. The lowest BCUT2D eigenvalue weighted by Gasteiger charge is -2.02. The standard InChI is InChI=1S/C10H16N2O2/c1-7(2)4-3-5-8-6-11-10(14)12-9(8)13/h6-7H,3-5H2,1-2H3,(H2,11,12,13,14). The first-order chi connectivity index (χ1) is 6.59. The summed E-state index contributed by atoms with van der Waals surface area (Å²) in [4.78, 5) is 26.6. The highest BCUT2D eigenvalue weighted by Crippen LogP contribution is 2.05. The van der Waals surface area contributed by atoms with E-state index in [-0.39, 0.29) is 5.56 Å². The monoisotopic (exact) mass is 196 g/mol. The molecule has 1 aromatic rings. The molecular formula is C10H16N2O2. The average molecular weight is 196 g/mol. The van der Waals surface area contributed by atoms with E-state index in [1.54, 1.807) is 0 Å². The van der Waals surface area contributed by atoms with Crippen LogP contribution in [0.2, 0.25) is 0 Å². The maximum atomic E-state index is 11.2. The van der Waals surface area contributed by atoms with Crippen molar-refractivity contribution < 1.29 is 0 Å². The van der Waals surface area contributed by atoms with Crippen LogP contribution in [0.1, 0.15) is 32.3 Å². The third kappa shape index (κ3) is 3.20. The number of H-pyrrole nitrogens is 2. The van der Waals surface area contributed by atoms with Crippen molar-refractivity contribution in [2.45, 2.75) is 33.1 Å². The molecule has 1 rings (SSSR count). The Morgan fingerprint density at radius 2 is 2.07 bits per heavy atom. The molecule has 2 N–H and O–H groups in total. The van der Waals surface area contributed by atoms with Crippen LogP contribution in [-0.4, -0.2) is 9.97 Å². The van der Waals surface area contributed by atoms with Crippen LogP contribution in [0.3, 0.4) is 0 Å². The van der Waals surface area contributed by atoms with Gasteiger partial charge in [0.05, 0.1) is 0 Å². The molecule has 0 saturated carbocycles. The van der Waals surface area contributed by atoms with Crippen LogP contribution in [0.5, 0.6) is 0 Å². The Bertz CT molecular complexity index is 390. The van der Waals surface area contributed by atoms with Gasteiger partial charge in [-0.05, 0) is 18.8 Å². The van der Waals surface area contributed by atoms with E-state index in [1.807, 2.05) is 0 Å². The molecule has 4 nitrogen and oxygen atoms in total. The van der Waals surface area contributed by atoms with E-state index in [9.17, 15) is 9.59 Å². The molecule has 1 heterocycles. The lowest BCUT2D eigenvalue weighted by molar-refractivity contribution is 0.554. The minimum absolute atomic E-state index is 0.266. The summed E-state index contributed by atoms with van der Waals surface area (Å²) in [7, 11) is 0. The predicted molar refractivity (Wildman–Crippen MR) is 55.5 cm³/mol. The van der Waals surface area contributed by atoms with Crippen LogP contribution in [0.15, 0.2) is 15.8 Å². The molecule has 0 bridgehead atoms. The minimum atomic E-state index is -0.442. The Hall–Kier alpha value is -1.32. The highest BCUT2D eigenvalue weighted by atomic mass is 16.2. The Labute approximate surface area is 82.4 Å². The van der Waals surface area contributed by atoms with Gasteiger partial charge in [0.2, 0.25) is 0 Å². The first-order valence-electron chi connectivity index (χ1n) is 4.90. The molecule has 0 aliphatic rings. The molecule has 0 amide bonds.